The van der Waals surface area contributed by atoms with Crippen LogP contribution in [0.5, 0.6) is 0 Å². The van der Waals surface area contributed by atoms with E-state index in [1.54, 1.807) is 0 Å². The maximum absolute atomic E-state index is 15.0. The van der Waals surface area contributed by atoms with Crippen LogP contribution in [-0.2, 0) is 49.4 Å². The summed E-state index contributed by atoms with van der Waals surface area (Å²) in [5.41, 5.74) is -46.9. The highest BCUT2D eigenvalue weighted by Crippen LogP contribution is 2.62. The first-order valence-corrected chi connectivity index (χ1v) is 24.0. The van der Waals surface area contributed by atoms with Gasteiger partial charge in [-0.3, -0.25) is 0 Å². The number of rotatable bonds is 6. The molecular weight excluding hydrogens is 1260 g/mol. The fourth-order valence-electron chi connectivity index (χ4n) is 9.89. The normalized spacial score (nSPS) is 14.2. The molecule has 0 heterocycles. The van der Waals surface area contributed by atoms with E-state index in [0.717, 1.165) is 0 Å². The molecule has 8 rings (SSSR count). The minimum absolute atomic E-state index is 0.330. The van der Waals surface area contributed by atoms with Crippen molar-refractivity contribution >= 4 is 22.3 Å². The summed E-state index contributed by atoms with van der Waals surface area (Å²) in [6.45, 7) is 0. The predicted octanol–water partition coefficient (Wildman–Crippen LogP) is 18.9. The fraction of sp³-hybridized carbons (Fsp3) is 0.133. The van der Waals surface area contributed by atoms with E-state index in [2.05, 4.69) is 0 Å². The lowest BCUT2D eigenvalue weighted by molar-refractivity contribution is -0.144. The minimum Gasteiger partial charge on any atom is -0.192 e. The third kappa shape index (κ3) is 12.3. The van der Waals surface area contributed by atoms with Crippen LogP contribution in [0, 0.1) is 68.0 Å². The number of nitriles is 6. The van der Waals surface area contributed by atoms with Crippen molar-refractivity contribution in [1.82, 2.24) is 0 Å². The third-order valence-electron chi connectivity index (χ3n) is 13.6. The molecule has 0 fully saturated rings. The molecule has 456 valence electrons. The molecule has 0 bridgehead atoms. The molecule has 2 aliphatic rings. The van der Waals surface area contributed by atoms with E-state index in [1.807, 2.05) is 0 Å². The first-order chi connectivity index (χ1) is 41.4. The highest BCUT2D eigenvalue weighted by atomic mass is 19.4. The summed E-state index contributed by atoms with van der Waals surface area (Å²) in [6.07, 6.45) is -48.1. The first kappa shape index (κ1) is 65.3. The Balaban J connectivity index is 1.87. The van der Waals surface area contributed by atoms with Crippen LogP contribution in [0.4, 0.5) is 105 Å². The van der Waals surface area contributed by atoms with E-state index in [0.29, 0.717) is 36.4 Å². The standard InChI is InChI=1S/C60H18F24N6/c61-53(62,63)35-7-29(8-36(15-35)54(64,65)66)45(30-9-37(55(67,68)69)16-38(10-30)56(70,71)72)51-47(25-1-3-27(19-85)33(5-25)21-87)43(23-89)49-50(51)44(24-90)48(26-2-4-28(20-86)34(6-26)22-88)52(49)46(31-11-39(57(73,74)75)17-40(12-31)58(76,77)78)32-13-41(59(79,80)81)18-42(14-32)60(82,83)84/h1-18H. The summed E-state index contributed by atoms with van der Waals surface area (Å²) >= 11 is 0. The molecular formula is C60H18F24N6. The molecule has 0 aromatic heterocycles. The maximum Gasteiger partial charge on any atom is 0.416 e. The van der Waals surface area contributed by atoms with Crippen LogP contribution < -0.4 is 0 Å². The van der Waals surface area contributed by atoms with E-state index in [1.165, 1.54) is 36.4 Å². The average molecular weight is 1280 g/mol. The van der Waals surface area contributed by atoms with Gasteiger partial charge >= 0.3 is 49.4 Å². The molecule has 0 unspecified atom stereocenters. The summed E-state index contributed by atoms with van der Waals surface area (Å²) in [5.74, 6) is 0. The van der Waals surface area contributed by atoms with E-state index in [-0.39, 0.29) is 48.5 Å². The van der Waals surface area contributed by atoms with Gasteiger partial charge in [0.25, 0.3) is 0 Å². The van der Waals surface area contributed by atoms with Gasteiger partial charge in [-0.2, -0.15) is 137 Å². The van der Waals surface area contributed by atoms with E-state index in [4.69, 9.17) is 0 Å². The summed E-state index contributed by atoms with van der Waals surface area (Å²) in [7, 11) is 0. The summed E-state index contributed by atoms with van der Waals surface area (Å²) in [5, 5.41) is 63.3. The summed E-state index contributed by atoms with van der Waals surface area (Å²) in [6, 6.07) is 7.15. The largest absolute Gasteiger partial charge is 0.416 e. The molecule has 0 atom stereocenters. The highest BCUT2D eigenvalue weighted by molar-refractivity contribution is 6.17. The van der Waals surface area contributed by atoms with E-state index >= 15 is 105 Å². The molecule has 0 aliphatic heterocycles. The Hall–Kier alpha value is -10.7. The molecule has 0 radical (unpaired) electrons. The molecule has 0 amide bonds. The summed E-state index contributed by atoms with van der Waals surface area (Å²) in [4.78, 5) is 0. The maximum atomic E-state index is 15.0. The number of hydrogen-bond donors (Lipinski definition) is 0. The van der Waals surface area contributed by atoms with Crippen LogP contribution in [-0.4, -0.2) is 0 Å². The van der Waals surface area contributed by atoms with E-state index in [9.17, 15) is 31.6 Å². The van der Waals surface area contributed by atoms with Crippen LogP contribution >= 0.6 is 0 Å². The lowest BCUT2D eigenvalue weighted by Gasteiger charge is -2.24. The zero-order chi connectivity index (χ0) is 67.1. The molecule has 6 aromatic rings. The highest BCUT2D eigenvalue weighted by Gasteiger charge is 2.48. The van der Waals surface area contributed by atoms with Crippen LogP contribution in [0.25, 0.3) is 22.3 Å². The molecule has 0 saturated heterocycles. The smallest absolute Gasteiger partial charge is 0.192 e. The first-order valence-electron chi connectivity index (χ1n) is 24.0. The van der Waals surface area contributed by atoms with Gasteiger partial charge in [-0.1, -0.05) is 12.1 Å². The van der Waals surface area contributed by atoms with Gasteiger partial charge in [0.2, 0.25) is 0 Å². The van der Waals surface area contributed by atoms with Gasteiger partial charge in [0.05, 0.1) is 77.9 Å². The number of nitrogens with zero attached hydrogens (tertiary/aromatic N) is 6. The van der Waals surface area contributed by atoms with Crippen LogP contribution in [0.3, 0.4) is 0 Å². The van der Waals surface area contributed by atoms with Crippen molar-refractivity contribution in [3.8, 4) is 36.4 Å². The Morgan fingerprint density at radius 3 is 0.600 bits per heavy atom. The van der Waals surface area contributed by atoms with Gasteiger partial charge in [0, 0.05) is 33.4 Å². The third-order valence-corrected chi connectivity index (χ3v) is 13.6. The SMILES string of the molecule is N#CC1=C(c2ccc(C#N)c(C#N)c2)C(=C(c2cc(C(F)(F)F)cc(C(F)(F)F)c2)c2cc(C(F)(F)F)cc(C(F)(F)F)c2)C2=C1C(=C(c1cc(C(F)(F)F)cc(C(F)(F)F)c1)c1cc(C(F)(F)F)cc(C(F)(F)F)c1)C(c1ccc(C#N)c(C#N)c1)=C2C#N. The van der Waals surface area contributed by atoms with Gasteiger partial charge in [-0.25, -0.2) is 0 Å². The zero-order valence-corrected chi connectivity index (χ0v) is 43.1. The molecule has 6 nitrogen and oxygen atoms in total. The average Bonchev–Trinajstić information content (AvgIpc) is 1.52. The second-order valence-electron chi connectivity index (χ2n) is 19.1. The molecule has 90 heavy (non-hydrogen) atoms. The van der Waals surface area contributed by atoms with Gasteiger partial charge < -0.3 is 0 Å². The second kappa shape index (κ2) is 22.1. The number of alkyl halides is 24. The van der Waals surface area contributed by atoms with Crippen molar-refractivity contribution < 1.29 is 105 Å². The molecule has 6 aromatic carbocycles. The Morgan fingerprint density at radius 2 is 0.433 bits per heavy atom. The monoisotopic (exact) mass is 1280 g/mol. The molecule has 30 heteroatoms. The second-order valence-corrected chi connectivity index (χ2v) is 19.1. The van der Waals surface area contributed by atoms with Gasteiger partial charge in [0.1, 0.15) is 36.4 Å². The van der Waals surface area contributed by atoms with Gasteiger partial charge in [-0.15, -0.1) is 0 Å². The number of hydrogen-bond acceptors (Lipinski definition) is 6. The van der Waals surface area contributed by atoms with Crippen molar-refractivity contribution in [2.45, 2.75) is 49.4 Å². The Bertz CT molecular complexity index is 3950. The Kier molecular flexibility index (Phi) is 16.1. The van der Waals surface area contributed by atoms with Crippen molar-refractivity contribution in [1.29, 1.82) is 31.6 Å². The van der Waals surface area contributed by atoms with Gasteiger partial charge in [0.15, 0.2) is 0 Å². The molecule has 0 N–H and O–H groups in total. The number of allylic oxidation sites excluding steroid dienone is 8. The quantitative estimate of drug-likeness (QED) is 0.152. The van der Waals surface area contributed by atoms with Crippen LogP contribution in [0.2, 0.25) is 0 Å². The van der Waals surface area contributed by atoms with E-state index < -0.39 is 230 Å². The number of benzene rings is 6. The minimum atomic E-state index is -6.01. The topological polar surface area (TPSA) is 143 Å². The summed E-state index contributed by atoms with van der Waals surface area (Å²) < 4.78 is 360. The van der Waals surface area contributed by atoms with Gasteiger partial charge in [-0.05, 0) is 142 Å². The van der Waals surface area contributed by atoms with Crippen LogP contribution in [0.1, 0.15) is 100 Å². The van der Waals surface area contributed by atoms with Crippen molar-refractivity contribution in [2.24, 2.45) is 0 Å². The van der Waals surface area contributed by atoms with Crippen molar-refractivity contribution in [3.63, 3.8) is 0 Å². The molecule has 0 saturated carbocycles. The van der Waals surface area contributed by atoms with Crippen molar-refractivity contribution in [3.05, 3.63) is 243 Å². The zero-order valence-electron chi connectivity index (χ0n) is 43.1. The fourth-order valence-corrected chi connectivity index (χ4v) is 9.89. The lowest BCUT2D eigenvalue weighted by atomic mass is 9.79. The van der Waals surface area contributed by atoms with Crippen molar-refractivity contribution in [2.75, 3.05) is 0 Å². The van der Waals surface area contributed by atoms with Crippen LogP contribution in [0.15, 0.2) is 143 Å². The Morgan fingerprint density at radius 1 is 0.233 bits per heavy atom. The predicted molar refractivity (Wildman–Crippen MR) is 262 cm³/mol. The molecule has 0 spiro atoms. The number of halogens is 24. The lowest BCUT2D eigenvalue weighted by Crippen LogP contribution is -2.14. The Labute approximate surface area is 486 Å². The molecule has 2 aliphatic carbocycles.